The molecule has 2 saturated heterocycles. The van der Waals surface area contributed by atoms with Crippen molar-refractivity contribution in [2.45, 2.75) is 71.6 Å². The molecule has 0 radical (unpaired) electrons. The van der Waals surface area contributed by atoms with Crippen LogP contribution in [-0.2, 0) is 24.6 Å². The summed E-state index contributed by atoms with van der Waals surface area (Å²) in [5.41, 5.74) is -2.75. The van der Waals surface area contributed by atoms with Gasteiger partial charge in [-0.25, -0.2) is 21.6 Å². The smallest absolute Gasteiger partial charge is 0.388 e. The van der Waals surface area contributed by atoms with E-state index in [0.717, 1.165) is 59.0 Å². The number of rotatable bonds is 20. The molecule has 2 fully saturated rings. The third kappa shape index (κ3) is 13.4. The number of hydrogen-bond acceptors (Lipinski definition) is 12. The van der Waals surface area contributed by atoms with Gasteiger partial charge in [0, 0.05) is 72.2 Å². The molecular formula is C51H59ClF3N5O7S3. The maximum Gasteiger partial charge on any atom is 0.501 e. The molecule has 0 aromatic heterocycles. The first-order valence-electron chi connectivity index (χ1n) is 23.4. The van der Waals surface area contributed by atoms with Crippen LogP contribution >= 0.6 is 23.4 Å². The fourth-order valence-electron chi connectivity index (χ4n) is 8.91. The number of ether oxygens (including phenoxy) is 1. The number of sulfonamides is 1. The number of hydrogen-bond donors (Lipinski definition) is 3. The van der Waals surface area contributed by atoms with E-state index in [9.17, 15) is 39.9 Å². The fourth-order valence-corrected chi connectivity index (χ4v) is 12.0. The molecule has 0 bridgehead atoms. The first kappa shape index (κ1) is 53.1. The second kappa shape index (κ2) is 23.7. The Morgan fingerprint density at radius 1 is 0.886 bits per heavy atom. The molecule has 5 aromatic rings. The molecule has 0 spiro atoms. The van der Waals surface area contributed by atoms with Crippen molar-refractivity contribution in [3.05, 3.63) is 137 Å². The lowest BCUT2D eigenvalue weighted by atomic mass is 9.84. The van der Waals surface area contributed by atoms with Crippen molar-refractivity contribution in [2.24, 2.45) is 5.92 Å². The number of nitrogens with one attached hydrogen (secondary N) is 2. The van der Waals surface area contributed by atoms with Crippen molar-refractivity contribution in [3.63, 3.8) is 0 Å². The van der Waals surface area contributed by atoms with E-state index in [4.69, 9.17) is 16.3 Å². The molecule has 376 valence electrons. The molecule has 19 heteroatoms. The fraction of sp³-hybridized carbons (Fsp3) is 0.392. The molecule has 2 heterocycles. The Bertz CT molecular complexity index is 2750. The molecule has 0 aliphatic carbocycles. The highest BCUT2D eigenvalue weighted by Crippen LogP contribution is 2.39. The molecule has 3 atom stereocenters. The summed E-state index contributed by atoms with van der Waals surface area (Å²) in [7, 11) is -11.0. The highest BCUT2D eigenvalue weighted by atomic mass is 35.5. The standard InChI is InChI=1S/C51H59ClF3N5O7S3/c1-3-58(4-2)33-42-34-59(30-31-67-42)27-26-40(35-68-43-10-6-5-7-11-43)56-47-23-22-44(32-48(47)69(63,64)51(53,54)55)70(65,66)57-50(62)38-16-20-41(21-17-38)60-28-24-37(25-29-60)49(61)46-13-9-8-12-45(46)36-14-18-39(52)19-15-36/h5-23,32,37,40,42,49,56,61H,3-4,24-31,33-35H2,1-2H3,(H,57,62)/t40-,42+,49+/m1/s1. The van der Waals surface area contributed by atoms with Crippen LogP contribution < -0.4 is 14.9 Å². The van der Waals surface area contributed by atoms with Crippen LogP contribution in [0.15, 0.2) is 136 Å². The number of carbonyl (C=O) groups is 1. The van der Waals surface area contributed by atoms with Gasteiger partial charge in [-0.3, -0.25) is 9.69 Å². The first-order chi connectivity index (χ1) is 33.4. The Hall–Kier alpha value is -4.66. The van der Waals surface area contributed by atoms with Crippen LogP contribution in [0.5, 0.6) is 0 Å². The minimum absolute atomic E-state index is 0.0204. The summed E-state index contributed by atoms with van der Waals surface area (Å²) in [5.74, 6) is -0.733. The number of piperidine rings is 1. The Morgan fingerprint density at radius 3 is 2.23 bits per heavy atom. The minimum atomic E-state index is -6.10. The van der Waals surface area contributed by atoms with Gasteiger partial charge in [0.15, 0.2) is 0 Å². The van der Waals surface area contributed by atoms with E-state index in [0.29, 0.717) is 75.4 Å². The average molecular weight is 1040 g/mol. The Labute approximate surface area is 418 Å². The Balaban J connectivity index is 1.03. The second-order valence-electron chi connectivity index (χ2n) is 17.5. The first-order valence-corrected chi connectivity index (χ1v) is 27.7. The minimum Gasteiger partial charge on any atom is -0.388 e. The molecule has 70 heavy (non-hydrogen) atoms. The molecule has 5 aromatic carbocycles. The van der Waals surface area contributed by atoms with Crippen molar-refractivity contribution in [2.75, 3.05) is 74.9 Å². The van der Waals surface area contributed by atoms with Crippen LogP contribution in [0.25, 0.3) is 11.1 Å². The van der Waals surface area contributed by atoms with Crippen LogP contribution in [0.4, 0.5) is 24.5 Å². The van der Waals surface area contributed by atoms with Crippen LogP contribution in [-0.4, -0.2) is 120 Å². The van der Waals surface area contributed by atoms with Gasteiger partial charge >= 0.3 is 5.51 Å². The molecule has 1 amide bonds. The summed E-state index contributed by atoms with van der Waals surface area (Å²) in [4.78, 5) is 18.8. The van der Waals surface area contributed by atoms with E-state index in [1.807, 2.05) is 83.6 Å². The molecule has 0 saturated carbocycles. The highest BCUT2D eigenvalue weighted by molar-refractivity contribution is 7.99. The van der Waals surface area contributed by atoms with Gasteiger partial charge in [-0.15, -0.1) is 11.8 Å². The molecule has 12 nitrogen and oxygen atoms in total. The number of carbonyl (C=O) groups excluding carboxylic acids is 1. The molecule has 3 N–H and O–H groups in total. The number of halogens is 4. The maximum absolute atomic E-state index is 14.3. The largest absolute Gasteiger partial charge is 0.501 e. The molecule has 7 rings (SSSR count). The number of aliphatic hydroxyl groups is 1. The van der Waals surface area contributed by atoms with Gasteiger partial charge in [0.1, 0.15) is 4.90 Å². The third-order valence-electron chi connectivity index (χ3n) is 12.9. The van der Waals surface area contributed by atoms with Gasteiger partial charge in [-0.2, -0.15) is 13.2 Å². The Kier molecular flexibility index (Phi) is 18.0. The zero-order chi connectivity index (χ0) is 50.1. The van der Waals surface area contributed by atoms with Crippen LogP contribution in [0.3, 0.4) is 0 Å². The number of benzene rings is 5. The lowest BCUT2D eigenvalue weighted by Gasteiger charge is -2.36. The summed E-state index contributed by atoms with van der Waals surface area (Å²) in [6, 6.07) is 32.7. The van der Waals surface area contributed by atoms with Gasteiger partial charge in [-0.1, -0.05) is 80.0 Å². The van der Waals surface area contributed by atoms with Gasteiger partial charge in [0.2, 0.25) is 0 Å². The summed E-state index contributed by atoms with van der Waals surface area (Å²) in [5, 5.41) is 15.2. The van der Waals surface area contributed by atoms with E-state index < -0.39 is 58.9 Å². The van der Waals surface area contributed by atoms with Gasteiger partial charge in [0.25, 0.3) is 25.8 Å². The average Bonchev–Trinajstić information content (AvgIpc) is 3.36. The number of anilines is 2. The maximum atomic E-state index is 14.3. The Morgan fingerprint density at radius 2 is 1.56 bits per heavy atom. The van der Waals surface area contributed by atoms with Crippen molar-refractivity contribution in [1.29, 1.82) is 0 Å². The van der Waals surface area contributed by atoms with E-state index in [-0.39, 0.29) is 17.6 Å². The number of morpholine rings is 1. The summed E-state index contributed by atoms with van der Waals surface area (Å²) in [6.07, 6.45) is 1.04. The lowest BCUT2D eigenvalue weighted by molar-refractivity contribution is -0.0436. The molecular weight excluding hydrogens is 983 g/mol. The van der Waals surface area contributed by atoms with Crippen LogP contribution in [0.1, 0.15) is 55.1 Å². The van der Waals surface area contributed by atoms with Gasteiger partial charge in [-0.05, 0) is 122 Å². The van der Waals surface area contributed by atoms with E-state index >= 15 is 0 Å². The monoisotopic (exact) mass is 1040 g/mol. The van der Waals surface area contributed by atoms with Crippen molar-refractivity contribution < 1.29 is 44.6 Å². The number of sulfone groups is 1. The summed E-state index contributed by atoms with van der Waals surface area (Å²) in [6.45, 7) is 10.3. The summed E-state index contributed by atoms with van der Waals surface area (Å²) < 4.78 is 105. The van der Waals surface area contributed by atoms with E-state index in [1.165, 1.54) is 23.9 Å². The van der Waals surface area contributed by atoms with E-state index in [1.54, 1.807) is 12.1 Å². The quantitative estimate of drug-likeness (QED) is 0.0638. The summed E-state index contributed by atoms with van der Waals surface area (Å²) >= 11 is 7.56. The number of amides is 1. The normalized spacial score (nSPS) is 17.3. The van der Waals surface area contributed by atoms with Crippen molar-refractivity contribution >= 4 is 60.5 Å². The van der Waals surface area contributed by atoms with Crippen molar-refractivity contribution in [3.8, 4) is 11.1 Å². The van der Waals surface area contributed by atoms with E-state index in [2.05, 4.69) is 33.9 Å². The molecule has 0 unspecified atom stereocenters. The topological polar surface area (TPSA) is 149 Å². The second-order valence-corrected chi connectivity index (χ2v) is 22.6. The predicted molar refractivity (Wildman–Crippen MR) is 271 cm³/mol. The lowest BCUT2D eigenvalue weighted by Crippen LogP contribution is -2.48. The predicted octanol–water partition coefficient (Wildman–Crippen LogP) is 9.37. The highest BCUT2D eigenvalue weighted by Gasteiger charge is 2.48. The SMILES string of the molecule is CCN(CC)C[C@H]1CN(CC[C@H](CSc2ccccc2)Nc2ccc(S(=O)(=O)NC(=O)c3ccc(N4CCC([C@H](O)c5ccccc5-c5ccc(Cl)cc5)CC4)cc3)cc2S(=O)(=O)C(F)(F)F)CCO1. The van der Waals surface area contributed by atoms with Crippen LogP contribution in [0, 0.1) is 5.92 Å². The number of alkyl halides is 3. The molecule has 2 aliphatic rings. The number of likely N-dealkylation sites (N-methyl/N-ethyl adjacent to an activating group) is 1. The number of aliphatic hydroxyl groups excluding tert-OH is 1. The third-order valence-corrected chi connectivity index (χ3v) is 17.2. The number of thioether (sulfide) groups is 1. The van der Waals surface area contributed by atoms with Gasteiger partial charge in [0.05, 0.1) is 29.4 Å². The molecule has 2 aliphatic heterocycles. The number of nitrogens with zero attached hydrogens (tertiary/aromatic N) is 3. The van der Waals surface area contributed by atoms with Crippen molar-refractivity contribution in [1.82, 2.24) is 14.5 Å². The van der Waals surface area contributed by atoms with Crippen LogP contribution in [0.2, 0.25) is 5.02 Å². The zero-order valence-electron chi connectivity index (χ0n) is 39.0. The zero-order valence-corrected chi connectivity index (χ0v) is 42.2. The van der Waals surface area contributed by atoms with Gasteiger partial charge < -0.3 is 25.0 Å².